The number of hydrogen-bond acceptors (Lipinski definition) is 4. The molecule has 1 aromatic heterocycles. The lowest BCUT2D eigenvalue weighted by Gasteiger charge is -2.04. The van der Waals surface area contributed by atoms with Crippen molar-refractivity contribution >= 4 is 5.69 Å². The largest absolute Gasteiger partial charge is 0.501 e. The number of halogens is 2. The molecule has 1 rings (SSSR count). The first kappa shape index (κ1) is 10.3. The van der Waals surface area contributed by atoms with Gasteiger partial charge in [0.2, 0.25) is 5.75 Å². The van der Waals surface area contributed by atoms with Crippen molar-refractivity contribution < 1.29 is 18.8 Å². The van der Waals surface area contributed by atoms with E-state index in [9.17, 15) is 18.9 Å². The smallest absolute Gasteiger partial charge is 0.323 e. The molecule has 0 aliphatic rings. The molecule has 0 aromatic carbocycles. The van der Waals surface area contributed by atoms with Gasteiger partial charge in [-0.05, 0) is 6.92 Å². The third-order valence-electron chi connectivity index (χ3n) is 1.66. The molecule has 0 radical (unpaired) electrons. The third kappa shape index (κ3) is 1.61. The molecule has 0 atom stereocenters. The van der Waals surface area contributed by atoms with Gasteiger partial charge in [0.15, 0.2) is 0 Å². The van der Waals surface area contributed by atoms with E-state index in [1.807, 2.05) is 0 Å². The predicted octanol–water partition coefficient (Wildman–Crippen LogP) is 1.94. The Hall–Kier alpha value is -1.79. The Labute approximate surface area is 77.2 Å². The van der Waals surface area contributed by atoms with Crippen molar-refractivity contribution in [2.45, 2.75) is 13.3 Å². The highest BCUT2D eigenvalue weighted by atomic mass is 19.3. The molecule has 0 saturated carbocycles. The van der Waals surface area contributed by atoms with E-state index in [2.05, 4.69) is 4.98 Å². The molecule has 0 unspecified atom stereocenters. The van der Waals surface area contributed by atoms with Crippen LogP contribution in [-0.4, -0.2) is 15.0 Å². The summed E-state index contributed by atoms with van der Waals surface area (Å²) in [5.41, 5.74) is -1.91. The summed E-state index contributed by atoms with van der Waals surface area (Å²) in [6, 6.07) is 0. The van der Waals surface area contributed by atoms with Gasteiger partial charge in [0.1, 0.15) is 5.56 Å². The summed E-state index contributed by atoms with van der Waals surface area (Å²) in [6.45, 7) is 1.29. The van der Waals surface area contributed by atoms with Crippen LogP contribution in [-0.2, 0) is 0 Å². The van der Waals surface area contributed by atoms with Gasteiger partial charge >= 0.3 is 5.69 Å². The molecule has 0 spiro atoms. The summed E-state index contributed by atoms with van der Waals surface area (Å²) >= 11 is 0. The van der Waals surface area contributed by atoms with Crippen LogP contribution in [0.15, 0.2) is 6.20 Å². The van der Waals surface area contributed by atoms with Gasteiger partial charge in [-0.15, -0.1) is 0 Å². The molecule has 0 aliphatic carbocycles. The van der Waals surface area contributed by atoms with Gasteiger partial charge in [-0.1, -0.05) is 0 Å². The van der Waals surface area contributed by atoms with E-state index in [0.29, 0.717) is 6.20 Å². The second kappa shape index (κ2) is 3.52. The zero-order chi connectivity index (χ0) is 10.9. The van der Waals surface area contributed by atoms with Crippen LogP contribution in [0.5, 0.6) is 5.75 Å². The van der Waals surface area contributed by atoms with E-state index >= 15 is 0 Å². The second-order valence-electron chi connectivity index (χ2n) is 2.55. The molecule has 0 amide bonds. The van der Waals surface area contributed by atoms with Crippen LogP contribution >= 0.6 is 0 Å². The summed E-state index contributed by atoms with van der Waals surface area (Å²) in [5, 5.41) is 19.5. The highest BCUT2D eigenvalue weighted by Gasteiger charge is 2.27. The molecule has 1 heterocycles. The number of aryl methyl sites for hydroxylation is 1. The lowest BCUT2D eigenvalue weighted by Crippen LogP contribution is -1.99. The van der Waals surface area contributed by atoms with Crippen LogP contribution in [0, 0.1) is 17.0 Å². The highest BCUT2D eigenvalue weighted by molar-refractivity contribution is 5.53. The first-order chi connectivity index (χ1) is 6.45. The number of aromatic nitrogens is 1. The summed E-state index contributed by atoms with van der Waals surface area (Å²) in [5.74, 6) is -0.812. The van der Waals surface area contributed by atoms with Gasteiger partial charge in [0.25, 0.3) is 6.43 Å². The second-order valence-corrected chi connectivity index (χ2v) is 2.55. The molecule has 0 aliphatic heterocycles. The molecular formula is C7H6F2N2O3. The maximum atomic E-state index is 12.2. The molecule has 0 saturated heterocycles. The number of nitrogens with zero attached hydrogens (tertiary/aromatic N) is 2. The lowest BCUT2D eigenvalue weighted by molar-refractivity contribution is -0.387. The van der Waals surface area contributed by atoms with E-state index in [4.69, 9.17) is 5.11 Å². The zero-order valence-electron chi connectivity index (χ0n) is 7.07. The minimum atomic E-state index is -3.03. The standard InChI is InChI=1S/C7H6F2N2O3/c1-3-6(12)5(11(13)14)4(2-10-3)7(8)9/h2,7,12H,1H3. The van der Waals surface area contributed by atoms with Gasteiger partial charge in [-0.25, -0.2) is 8.78 Å². The monoisotopic (exact) mass is 204 g/mol. The Bertz CT molecular complexity index is 381. The van der Waals surface area contributed by atoms with E-state index in [1.54, 1.807) is 0 Å². The highest BCUT2D eigenvalue weighted by Crippen LogP contribution is 2.36. The van der Waals surface area contributed by atoms with Crippen LogP contribution in [0.3, 0.4) is 0 Å². The maximum Gasteiger partial charge on any atom is 0.323 e. The van der Waals surface area contributed by atoms with Gasteiger partial charge in [-0.3, -0.25) is 15.1 Å². The molecule has 0 fully saturated rings. The van der Waals surface area contributed by atoms with Gasteiger partial charge in [0, 0.05) is 6.20 Å². The van der Waals surface area contributed by atoms with Crippen molar-refractivity contribution in [2.75, 3.05) is 0 Å². The summed E-state index contributed by atoms with van der Waals surface area (Å²) in [6.07, 6.45) is -2.34. The Kier molecular flexibility index (Phi) is 2.59. The molecular weight excluding hydrogens is 198 g/mol. The minimum Gasteiger partial charge on any atom is -0.501 e. The van der Waals surface area contributed by atoms with Crippen LogP contribution in [0.4, 0.5) is 14.5 Å². The van der Waals surface area contributed by atoms with Crippen molar-refractivity contribution in [3.05, 3.63) is 27.6 Å². The van der Waals surface area contributed by atoms with Crippen LogP contribution in [0.25, 0.3) is 0 Å². The number of pyridine rings is 1. The number of hydrogen-bond donors (Lipinski definition) is 1. The Morgan fingerprint density at radius 3 is 2.64 bits per heavy atom. The van der Waals surface area contributed by atoms with Crippen LogP contribution < -0.4 is 0 Å². The topological polar surface area (TPSA) is 76.3 Å². The first-order valence-electron chi connectivity index (χ1n) is 3.56. The Morgan fingerprint density at radius 1 is 1.64 bits per heavy atom. The fraction of sp³-hybridized carbons (Fsp3) is 0.286. The van der Waals surface area contributed by atoms with Crippen molar-refractivity contribution in [2.24, 2.45) is 0 Å². The fourth-order valence-electron chi connectivity index (χ4n) is 0.948. The van der Waals surface area contributed by atoms with E-state index < -0.39 is 28.3 Å². The number of alkyl halides is 2. The third-order valence-corrected chi connectivity index (χ3v) is 1.66. The Morgan fingerprint density at radius 2 is 2.21 bits per heavy atom. The van der Waals surface area contributed by atoms with Crippen molar-refractivity contribution in [1.29, 1.82) is 0 Å². The van der Waals surface area contributed by atoms with E-state index in [0.717, 1.165) is 0 Å². The summed E-state index contributed by atoms with van der Waals surface area (Å²) < 4.78 is 24.5. The Balaban J connectivity index is 3.45. The molecule has 1 aromatic rings. The first-order valence-corrected chi connectivity index (χ1v) is 3.56. The molecule has 76 valence electrons. The van der Waals surface area contributed by atoms with Gasteiger partial charge in [-0.2, -0.15) is 0 Å². The van der Waals surface area contributed by atoms with E-state index in [-0.39, 0.29) is 5.69 Å². The van der Waals surface area contributed by atoms with Crippen molar-refractivity contribution in [1.82, 2.24) is 4.98 Å². The SMILES string of the molecule is Cc1ncc(C(F)F)c([N+](=O)[O-])c1O. The lowest BCUT2D eigenvalue weighted by atomic mass is 10.2. The zero-order valence-corrected chi connectivity index (χ0v) is 7.07. The fourth-order valence-corrected chi connectivity index (χ4v) is 0.948. The van der Waals surface area contributed by atoms with Crippen LogP contribution in [0.1, 0.15) is 17.7 Å². The van der Waals surface area contributed by atoms with Crippen molar-refractivity contribution in [3.8, 4) is 5.75 Å². The quantitative estimate of drug-likeness (QED) is 0.589. The predicted molar refractivity (Wildman–Crippen MR) is 42.3 cm³/mol. The molecule has 14 heavy (non-hydrogen) atoms. The van der Waals surface area contributed by atoms with Crippen LogP contribution in [0.2, 0.25) is 0 Å². The summed E-state index contributed by atoms with van der Waals surface area (Å²) in [4.78, 5) is 12.7. The van der Waals surface area contributed by atoms with Gasteiger partial charge < -0.3 is 5.11 Å². The molecule has 7 heteroatoms. The number of aromatic hydroxyl groups is 1. The van der Waals surface area contributed by atoms with Gasteiger partial charge in [0.05, 0.1) is 10.6 Å². The summed E-state index contributed by atoms with van der Waals surface area (Å²) in [7, 11) is 0. The number of nitro groups is 1. The number of rotatable bonds is 2. The molecule has 5 nitrogen and oxygen atoms in total. The molecule has 1 N–H and O–H groups in total. The molecule has 0 bridgehead atoms. The average Bonchev–Trinajstić information content (AvgIpc) is 2.08. The maximum absolute atomic E-state index is 12.2. The van der Waals surface area contributed by atoms with Crippen molar-refractivity contribution in [3.63, 3.8) is 0 Å². The minimum absolute atomic E-state index is 0.0545. The normalized spacial score (nSPS) is 10.6. The average molecular weight is 204 g/mol. The van der Waals surface area contributed by atoms with E-state index in [1.165, 1.54) is 6.92 Å².